The van der Waals surface area contributed by atoms with Crippen molar-refractivity contribution >= 4 is 28.6 Å². The molecule has 0 amide bonds. The van der Waals surface area contributed by atoms with E-state index in [1.54, 1.807) is 25.1 Å². The Morgan fingerprint density at radius 2 is 2.17 bits per heavy atom. The molecule has 0 aliphatic carbocycles. The number of nitrogens with zero attached hydrogens (tertiary/aromatic N) is 1. The minimum absolute atomic E-state index is 0.208. The summed E-state index contributed by atoms with van der Waals surface area (Å²) in [7, 11) is 1.33. The van der Waals surface area contributed by atoms with Crippen molar-refractivity contribution in [1.29, 1.82) is 0 Å². The summed E-state index contributed by atoms with van der Waals surface area (Å²) in [6, 6.07) is 7.06. The van der Waals surface area contributed by atoms with Crippen LogP contribution in [0.15, 0.2) is 34.2 Å². The van der Waals surface area contributed by atoms with Crippen LogP contribution in [0.3, 0.4) is 0 Å². The van der Waals surface area contributed by atoms with Crippen molar-refractivity contribution < 1.29 is 9.53 Å². The average molecular weight is 264 g/mol. The first-order chi connectivity index (χ1) is 8.61. The fourth-order valence-electron chi connectivity index (χ4n) is 1.50. The highest BCUT2D eigenvalue weighted by Gasteiger charge is 2.16. The Morgan fingerprint density at radius 1 is 1.44 bits per heavy atom. The lowest BCUT2D eigenvalue weighted by atomic mass is 10.2. The summed E-state index contributed by atoms with van der Waals surface area (Å²) in [4.78, 5) is 30.0. The minimum atomic E-state index is -0.417. The van der Waals surface area contributed by atoms with Crippen molar-refractivity contribution in [3.63, 3.8) is 0 Å². The standard InChI is InChI=1S/C12H12N2O3S/c1-7(11(16)17-2)18-12-13-9-6-4-3-5-8(9)10(15)14-12/h3-7H,1-2H3,(H,13,14,15)/t7-/m1/s1. The van der Waals surface area contributed by atoms with E-state index in [2.05, 4.69) is 14.7 Å². The monoisotopic (exact) mass is 264 g/mol. The molecule has 0 unspecified atom stereocenters. The highest BCUT2D eigenvalue weighted by atomic mass is 32.2. The Hall–Kier alpha value is -1.82. The molecular weight excluding hydrogens is 252 g/mol. The highest BCUT2D eigenvalue weighted by Crippen LogP contribution is 2.20. The number of aromatic amines is 1. The zero-order valence-corrected chi connectivity index (χ0v) is 10.8. The maximum atomic E-state index is 11.8. The molecule has 0 aliphatic heterocycles. The molecule has 0 saturated heterocycles. The number of rotatable bonds is 3. The molecule has 6 heteroatoms. The van der Waals surface area contributed by atoms with Gasteiger partial charge in [-0.3, -0.25) is 9.59 Å². The van der Waals surface area contributed by atoms with Crippen LogP contribution in [0.5, 0.6) is 0 Å². The molecule has 0 saturated carbocycles. The quantitative estimate of drug-likeness (QED) is 0.517. The van der Waals surface area contributed by atoms with Gasteiger partial charge in [-0.05, 0) is 19.1 Å². The number of fused-ring (bicyclic) bond motifs is 1. The van der Waals surface area contributed by atoms with E-state index in [1.807, 2.05) is 6.07 Å². The predicted molar refractivity (Wildman–Crippen MR) is 69.7 cm³/mol. The van der Waals surface area contributed by atoms with E-state index >= 15 is 0 Å². The van der Waals surface area contributed by atoms with Crippen LogP contribution in [0, 0.1) is 0 Å². The van der Waals surface area contributed by atoms with Crippen LogP contribution in [-0.4, -0.2) is 28.3 Å². The van der Waals surface area contributed by atoms with E-state index in [-0.39, 0.29) is 11.5 Å². The summed E-state index contributed by atoms with van der Waals surface area (Å²) in [5.41, 5.74) is 0.404. The Balaban J connectivity index is 2.35. The Bertz CT molecular complexity index is 639. The van der Waals surface area contributed by atoms with Crippen LogP contribution in [0.25, 0.3) is 10.9 Å². The lowest BCUT2D eigenvalue weighted by Gasteiger charge is -2.08. The van der Waals surface area contributed by atoms with Crippen LogP contribution < -0.4 is 5.56 Å². The van der Waals surface area contributed by atoms with Crippen LogP contribution in [0.2, 0.25) is 0 Å². The number of carbonyl (C=O) groups is 1. The van der Waals surface area contributed by atoms with Crippen molar-refractivity contribution in [3.8, 4) is 0 Å². The average Bonchev–Trinajstić information content (AvgIpc) is 2.37. The maximum absolute atomic E-state index is 11.8. The van der Waals surface area contributed by atoms with Crippen molar-refractivity contribution in [3.05, 3.63) is 34.6 Å². The molecule has 0 radical (unpaired) electrons. The van der Waals surface area contributed by atoms with E-state index in [4.69, 9.17) is 0 Å². The lowest BCUT2D eigenvalue weighted by Crippen LogP contribution is -2.17. The molecule has 94 valence electrons. The first-order valence-electron chi connectivity index (χ1n) is 5.35. The number of ether oxygens (including phenoxy) is 1. The van der Waals surface area contributed by atoms with Gasteiger partial charge in [-0.2, -0.15) is 0 Å². The maximum Gasteiger partial charge on any atom is 0.318 e. The molecular formula is C12H12N2O3S. The lowest BCUT2D eigenvalue weighted by molar-refractivity contribution is -0.139. The van der Waals surface area contributed by atoms with Gasteiger partial charge in [0.15, 0.2) is 5.16 Å². The smallest absolute Gasteiger partial charge is 0.318 e. The number of aromatic nitrogens is 2. The number of hydrogen-bond donors (Lipinski definition) is 1. The fourth-order valence-corrected chi connectivity index (χ4v) is 2.33. The Labute approximate surface area is 108 Å². The fraction of sp³-hybridized carbons (Fsp3) is 0.250. The van der Waals surface area contributed by atoms with Gasteiger partial charge in [-0.25, -0.2) is 4.98 Å². The zero-order valence-electron chi connectivity index (χ0n) is 9.97. The number of methoxy groups -OCH3 is 1. The molecule has 2 rings (SSSR count). The van der Waals surface area contributed by atoms with E-state index < -0.39 is 5.25 Å². The SMILES string of the molecule is COC(=O)[C@@H](C)Sc1nc2ccccc2c(=O)[nH]1. The third kappa shape index (κ3) is 2.53. The number of benzene rings is 1. The molecule has 1 heterocycles. The summed E-state index contributed by atoms with van der Waals surface area (Å²) in [6.07, 6.45) is 0. The number of para-hydroxylation sites is 1. The number of hydrogen-bond acceptors (Lipinski definition) is 5. The number of nitrogens with one attached hydrogen (secondary N) is 1. The summed E-state index contributed by atoms with van der Waals surface area (Å²) < 4.78 is 4.62. The third-order valence-corrected chi connectivity index (χ3v) is 3.38. The topological polar surface area (TPSA) is 72.0 Å². The van der Waals surface area contributed by atoms with E-state index in [0.29, 0.717) is 16.1 Å². The van der Waals surface area contributed by atoms with Gasteiger partial charge in [0.05, 0.1) is 18.0 Å². The molecule has 0 fully saturated rings. The second kappa shape index (κ2) is 5.22. The molecule has 1 N–H and O–H groups in total. The molecule has 2 aromatic rings. The molecule has 0 aliphatic rings. The van der Waals surface area contributed by atoms with Gasteiger partial charge in [-0.1, -0.05) is 23.9 Å². The van der Waals surface area contributed by atoms with Crippen LogP contribution in [0.1, 0.15) is 6.92 Å². The van der Waals surface area contributed by atoms with Crippen LogP contribution in [-0.2, 0) is 9.53 Å². The van der Waals surface area contributed by atoms with E-state index in [0.717, 1.165) is 11.8 Å². The number of H-pyrrole nitrogens is 1. The molecule has 0 bridgehead atoms. The minimum Gasteiger partial charge on any atom is -0.468 e. The zero-order chi connectivity index (χ0) is 13.1. The van der Waals surface area contributed by atoms with E-state index in [1.165, 1.54) is 7.11 Å². The van der Waals surface area contributed by atoms with Crippen LogP contribution >= 0.6 is 11.8 Å². The molecule has 1 atom stereocenters. The van der Waals surface area contributed by atoms with Crippen molar-refractivity contribution in [2.75, 3.05) is 7.11 Å². The summed E-state index contributed by atoms with van der Waals surface area (Å²) in [5, 5.41) is 0.531. The van der Waals surface area contributed by atoms with Crippen molar-refractivity contribution in [2.24, 2.45) is 0 Å². The number of esters is 1. The number of thioether (sulfide) groups is 1. The van der Waals surface area contributed by atoms with Crippen LogP contribution in [0.4, 0.5) is 0 Å². The van der Waals surface area contributed by atoms with E-state index in [9.17, 15) is 9.59 Å². The predicted octanol–water partition coefficient (Wildman–Crippen LogP) is 1.58. The molecule has 1 aromatic heterocycles. The third-order valence-electron chi connectivity index (χ3n) is 2.41. The molecule has 5 nitrogen and oxygen atoms in total. The summed E-state index contributed by atoms with van der Waals surface area (Å²) >= 11 is 1.16. The number of carbonyl (C=O) groups excluding carboxylic acids is 1. The van der Waals surface area contributed by atoms with Gasteiger partial charge in [0.25, 0.3) is 5.56 Å². The highest BCUT2D eigenvalue weighted by molar-refractivity contribution is 8.00. The summed E-state index contributed by atoms with van der Waals surface area (Å²) in [5.74, 6) is -0.351. The normalized spacial score (nSPS) is 12.3. The second-order valence-electron chi connectivity index (χ2n) is 3.67. The Kier molecular flexibility index (Phi) is 3.66. The first kappa shape index (κ1) is 12.6. The largest absolute Gasteiger partial charge is 0.468 e. The van der Waals surface area contributed by atoms with Gasteiger partial charge < -0.3 is 9.72 Å². The summed E-state index contributed by atoms with van der Waals surface area (Å²) in [6.45, 7) is 1.70. The first-order valence-corrected chi connectivity index (χ1v) is 6.23. The molecule has 18 heavy (non-hydrogen) atoms. The van der Waals surface area contributed by atoms with Gasteiger partial charge >= 0.3 is 5.97 Å². The van der Waals surface area contributed by atoms with Gasteiger partial charge in [0, 0.05) is 0 Å². The second-order valence-corrected chi connectivity index (χ2v) is 5.00. The Morgan fingerprint density at radius 3 is 2.89 bits per heavy atom. The molecule has 0 spiro atoms. The van der Waals surface area contributed by atoms with Crippen molar-refractivity contribution in [1.82, 2.24) is 9.97 Å². The van der Waals surface area contributed by atoms with Crippen molar-refractivity contribution in [2.45, 2.75) is 17.3 Å². The van der Waals surface area contributed by atoms with Gasteiger partial charge in [0.1, 0.15) is 5.25 Å². The van der Waals surface area contributed by atoms with Gasteiger partial charge in [0.2, 0.25) is 0 Å². The molecule has 1 aromatic carbocycles. The van der Waals surface area contributed by atoms with Gasteiger partial charge in [-0.15, -0.1) is 0 Å².